The number of hydrogen-bond acceptors (Lipinski definition) is 3. The summed E-state index contributed by atoms with van der Waals surface area (Å²) in [5.41, 5.74) is 1.27. The van der Waals surface area contributed by atoms with Gasteiger partial charge in [-0.25, -0.2) is 0 Å². The van der Waals surface area contributed by atoms with Gasteiger partial charge in [0.2, 0.25) is 0 Å². The third kappa shape index (κ3) is 2.21. The number of hydrogen-bond donors (Lipinski definition) is 1. The summed E-state index contributed by atoms with van der Waals surface area (Å²) in [7, 11) is -3.39. The molecule has 2 unspecified atom stereocenters. The molecule has 0 saturated carbocycles. The Bertz CT molecular complexity index is 731. The van der Waals surface area contributed by atoms with Crippen molar-refractivity contribution in [3.8, 4) is 16.9 Å². The van der Waals surface area contributed by atoms with Crippen molar-refractivity contribution in [1.82, 2.24) is 0 Å². The van der Waals surface area contributed by atoms with E-state index in [0.29, 0.717) is 11.1 Å². The lowest BCUT2D eigenvalue weighted by molar-refractivity contribution is 0.123. The molecule has 4 heteroatoms. The average Bonchev–Trinajstić information content (AvgIpc) is 2.46. The van der Waals surface area contributed by atoms with Crippen molar-refractivity contribution in [2.45, 2.75) is 26.6 Å². The molecule has 3 nitrogen and oxygen atoms in total. The molecule has 3 rings (SSSR count). The number of aliphatic hydroxyl groups excluding tert-OH is 1. The molecule has 0 amide bonds. The highest BCUT2D eigenvalue weighted by atomic mass is 31.2. The number of fused-ring (bicyclic) bond motifs is 3. The van der Waals surface area contributed by atoms with Crippen molar-refractivity contribution < 1.29 is 14.2 Å². The molecule has 1 N–H and O–H groups in total. The first-order chi connectivity index (χ1) is 9.84. The van der Waals surface area contributed by atoms with Crippen LogP contribution in [0.15, 0.2) is 48.5 Å². The van der Waals surface area contributed by atoms with Gasteiger partial charge < -0.3 is 9.63 Å². The minimum absolute atomic E-state index is 0.533. The quantitative estimate of drug-likeness (QED) is 0.809. The van der Waals surface area contributed by atoms with Crippen molar-refractivity contribution in [3.63, 3.8) is 0 Å². The van der Waals surface area contributed by atoms with E-state index in [0.717, 1.165) is 11.1 Å². The maximum Gasteiger partial charge on any atom is 0.306 e. The van der Waals surface area contributed by atoms with Crippen LogP contribution < -0.4 is 9.83 Å². The Labute approximate surface area is 125 Å². The van der Waals surface area contributed by atoms with E-state index in [2.05, 4.69) is 0 Å². The second-order valence-electron chi connectivity index (χ2n) is 6.44. The number of aliphatic hydroxyl groups is 1. The van der Waals surface area contributed by atoms with Gasteiger partial charge in [-0.15, -0.1) is 0 Å². The smallest absolute Gasteiger partial charge is 0.306 e. The van der Waals surface area contributed by atoms with E-state index in [-0.39, 0.29) is 0 Å². The second-order valence-corrected chi connectivity index (χ2v) is 8.79. The van der Waals surface area contributed by atoms with Crippen LogP contribution in [-0.4, -0.2) is 11.0 Å². The van der Waals surface area contributed by atoms with Gasteiger partial charge in [0.1, 0.15) is 11.6 Å². The minimum atomic E-state index is -3.39. The summed E-state index contributed by atoms with van der Waals surface area (Å²) in [5, 5.41) is 11.3. The van der Waals surface area contributed by atoms with Crippen molar-refractivity contribution >= 4 is 12.7 Å². The number of benzene rings is 2. The van der Waals surface area contributed by atoms with E-state index < -0.39 is 18.6 Å². The van der Waals surface area contributed by atoms with Gasteiger partial charge in [-0.1, -0.05) is 57.2 Å². The summed E-state index contributed by atoms with van der Waals surface area (Å²) < 4.78 is 19.3. The summed E-state index contributed by atoms with van der Waals surface area (Å²) in [6.45, 7) is 5.59. The van der Waals surface area contributed by atoms with Crippen molar-refractivity contribution in [2.75, 3.05) is 0 Å². The van der Waals surface area contributed by atoms with Gasteiger partial charge in [0, 0.05) is 5.56 Å². The van der Waals surface area contributed by atoms with E-state index in [1.165, 1.54) is 0 Å². The van der Waals surface area contributed by atoms with Crippen molar-refractivity contribution in [2.24, 2.45) is 5.41 Å². The molecule has 0 saturated heterocycles. The maximum absolute atomic E-state index is 13.5. The molecule has 0 aromatic heterocycles. The van der Waals surface area contributed by atoms with E-state index in [1.54, 1.807) is 12.1 Å². The van der Waals surface area contributed by atoms with Gasteiger partial charge in [0.25, 0.3) is 0 Å². The van der Waals surface area contributed by atoms with E-state index in [4.69, 9.17) is 4.52 Å². The molecular formula is C17H19O3P. The Morgan fingerprint density at radius 1 is 1.00 bits per heavy atom. The van der Waals surface area contributed by atoms with Crippen LogP contribution in [0.3, 0.4) is 0 Å². The van der Waals surface area contributed by atoms with Gasteiger partial charge in [-0.2, -0.15) is 0 Å². The number of rotatable bonds is 1. The van der Waals surface area contributed by atoms with Crippen LogP contribution in [0, 0.1) is 5.41 Å². The minimum Gasteiger partial charge on any atom is -0.438 e. The predicted octanol–water partition coefficient (Wildman–Crippen LogP) is 4.01. The maximum atomic E-state index is 13.5. The third-order valence-electron chi connectivity index (χ3n) is 3.75. The largest absolute Gasteiger partial charge is 0.438 e. The normalized spacial score (nSPS) is 21.9. The monoisotopic (exact) mass is 302 g/mol. The zero-order chi connectivity index (χ0) is 15.3. The summed E-state index contributed by atoms with van der Waals surface area (Å²) >= 11 is 0. The molecule has 21 heavy (non-hydrogen) atoms. The molecule has 0 fully saturated rings. The summed E-state index contributed by atoms with van der Waals surface area (Å²) in [5.74, 6) is -0.484. The highest BCUT2D eigenvalue weighted by Gasteiger charge is 2.47. The van der Waals surface area contributed by atoms with Gasteiger partial charge >= 0.3 is 7.37 Å². The summed E-state index contributed by atoms with van der Waals surface area (Å²) in [6, 6.07) is 15.0. The van der Waals surface area contributed by atoms with Crippen LogP contribution in [0.1, 0.15) is 20.8 Å². The van der Waals surface area contributed by atoms with E-state index in [9.17, 15) is 9.67 Å². The first kappa shape index (κ1) is 14.4. The lowest BCUT2D eigenvalue weighted by atomic mass is 9.98. The highest BCUT2D eigenvalue weighted by Crippen LogP contribution is 2.60. The first-order valence-electron chi connectivity index (χ1n) is 7.00. The molecule has 0 spiro atoms. The molecule has 110 valence electrons. The SMILES string of the molecule is CC(C)(C)C(O)P1(=O)Oc2ccccc2-c2ccccc21. The Hall–Kier alpha value is -1.57. The Morgan fingerprint density at radius 2 is 1.57 bits per heavy atom. The molecule has 2 aromatic rings. The summed E-state index contributed by atoms with van der Waals surface area (Å²) in [4.78, 5) is 0. The van der Waals surface area contributed by atoms with Gasteiger partial charge in [0.15, 0.2) is 0 Å². The highest BCUT2D eigenvalue weighted by molar-refractivity contribution is 7.68. The van der Waals surface area contributed by atoms with Crippen molar-refractivity contribution in [3.05, 3.63) is 48.5 Å². The molecule has 1 aliphatic rings. The standard InChI is InChI=1S/C17H19O3P/c1-17(2,3)16(18)21(19)15-11-7-5-9-13(15)12-8-4-6-10-14(12)20-21/h4-11,16,18H,1-3H3. The second kappa shape index (κ2) is 4.72. The Balaban J connectivity index is 2.26. The van der Waals surface area contributed by atoms with Crippen LogP contribution in [0.4, 0.5) is 0 Å². The Kier molecular flexibility index (Phi) is 3.23. The van der Waals surface area contributed by atoms with Crippen molar-refractivity contribution in [1.29, 1.82) is 0 Å². The average molecular weight is 302 g/mol. The van der Waals surface area contributed by atoms with Crippen LogP contribution in [0.2, 0.25) is 0 Å². The molecule has 2 atom stereocenters. The van der Waals surface area contributed by atoms with Crippen LogP contribution in [0.5, 0.6) is 5.75 Å². The zero-order valence-corrected chi connectivity index (χ0v) is 13.3. The molecule has 2 aromatic carbocycles. The van der Waals surface area contributed by atoms with E-state index in [1.807, 2.05) is 57.2 Å². The molecule has 0 radical (unpaired) electrons. The van der Waals surface area contributed by atoms with Gasteiger partial charge in [-0.05, 0) is 23.1 Å². The predicted molar refractivity (Wildman–Crippen MR) is 85.2 cm³/mol. The molecule has 0 bridgehead atoms. The molecular weight excluding hydrogens is 283 g/mol. The topological polar surface area (TPSA) is 46.5 Å². The third-order valence-corrected chi connectivity index (χ3v) is 6.70. The zero-order valence-electron chi connectivity index (χ0n) is 12.4. The summed E-state index contributed by atoms with van der Waals surface area (Å²) in [6.07, 6.45) is 0. The number of para-hydroxylation sites is 1. The van der Waals surface area contributed by atoms with E-state index >= 15 is 0 Å². The van der Waals surface area contributed by atoms with Crippen LogP contribution in [-0.2, 0) is 4.57 Å². The first-order valence-corrected chi connectivity index (χ1v) is 8.70. The molecule has 1 aliphatic heterocycles. The van der Waals surface area contributed by atoms with Crippen LogP contribution in [0.25, 0.3) is 11.1 Å². The fourth-order valence-corrected chi connectivity index (χ4v) is 5.39. The van der Waals surface area contributed by atoms with Crippen LogP contribution >= 0.6 is 7.37 Å². The fourth-order valence-electron chi connectivity index (χ4n) is 2.63. The fraction of sp³-hybridized carbons (Fsp3) is 0.294. The molecule has 0 aliphatic carbocycles. The lowest BCUT2D eigenvalue weighted by Crippen LogP contribution is -2.34. The van der Waals surface area contributed by atoms with Gasteiger partial charge in [0.05, 0.1) is 5.30 Å². The van der Waals surface area contributed by atoms with Gasteiger partial charge in [-0.3, -0.25) is 4.57 Å². The molecule has 1 heterocycles. The Morgan fingerprint density at radius 3 is 2.24 bits per heavy atom. The lowest BCUT2D eigenvalue weighted by Gasteiger charge is -2.36.